The van der Waals surface area contributed by atoms with E-state index in [0.717, 1.165) is 25.9 Å². The summed E-state index contributed by atoms with van der Waals surface area (Å²) in [4.78, 5) is 14.0. The van der Waals surface area contributed by atoms with Gasteiger partial charge in [0.1, 0.15) is 0 Å². The van der Waals surface area contributed by atoms with Gasteiger partial charge < -0.3 is 10.2 Å². The van der Waals surface area contributed by atoms with Crippen LogP contribution < -0.4 is 5.32 Å². The molecule has 1 unspecified atom stereocenters. The number of benzene rings is 1. The Labute approximate surface area is 109 Å². The smallest absolute Gasteiger partial charge is 0.222 e. The average molecular weight is 246 g/mol. The minimum absolute atomic E-state index is 0.256. The molecule has 0 aliphatic carbocycles. The van der Waals surface area contributed by atoms with Crippen molar-refractivity contribution >= 4 is 11.6 Å². The zero-order valence-corrected chi connectivity index (χ0v) is 11.3. The van der Waals surface area contributed by atoms with Gasteiger partial charge in [-0.25, -0.2) is 0 Å². The van der Waals surface area contributed by atoms with Gasteiger partial charge in [0.2, 0.25) is 5.91 Å². The summed E-state index contributed by atoms with van der Waals surface area (Å²) in [5, 5.41) is 3.37. The maximum Gasteiger partial charge on any atom is 0.222 e. The number of unbranched alkanes of at least 4 members (excludes halogenated alkanes) is 1. The van der Waals surface area contributed by atoms with Crippen LogP contribution >= 0.6 is 0 Å². The Bertz CT molecular complexity index is 417. The Morgan fingerprint density at radius 3 is 3.00 bits per heavy atom. The van der Waals surface area contributed by atoms with E-state index in [4.69, 9.17) is 0 Å². The summed E-state index contributed by atoms with van der Waals surface area (Å²) >= 11 is 0. The number of hydrogen-bond acceptors (Lipinski definition) is 2. The van der Waals surface area contributed by atoms with Crippen LogP contribution in [0.15, 0.2) is 24.3 Å². The largest absolute Gasteiger partial charge is 0.384 e. The molecule has 18 heavy (non-hydrogen) atoms. The Morgan fingerprint density at radius 2 is 2.22 bits per heavy atom. The van der Waals surface area contributed by atoms with Crippen LogP contribution in [0, 0.1) is 0 Å². The van der Waals surface area contributed by atoms with E-state index in [0.29, 0.717) is 12.3 Å². The predicted octanol–water partition coefficient (Wildman–Crippen LogP) is 2.84. The highest BCUT2D eigenvalue weighted by atomic mass is 16.2. The van der Waals surface area contributed by atoms with Gasteiger partial charge in [0, 0.05) is 38.2 Å². The molecule has 0 radical (unpaired) electrons. The van der Waals surface area contributed by atoms with Crippen molar-refractivity contribution < 1.29 is 4.79 Å². The van der Waals surface area contributed by atoms with E-state index >= 15 is 0 Å². The Morgan fingerprint density at radius 1 is 1.44 bits per heavy atom. The predicted molar refractivity (Wildman–Crippen MR) is 74.8 cm³/mol. The number of hydrogen-bond donors (Lipinski definition) is 1. The summed E-state index contributed by atoms with van der Waals surface area (Å²) in [6, 6.07) is 8.29. The van der Waals surface area contributed by atoms with Crippen LogP contribution in [0.1, 0.15) is 37.7 Å². The van der Waals surface area contributed by atoms with Crippen molar-refractivity contribution in [1.29, 1.82) is 0 Å². The molecule has 1 heterocycles. The van der Waals surface area contributed by atoms with E-state index in [1.165, 1.54) is 11.3 Å². The second-order valence-corrected chi connectivity index (χ2v) is 5.04. The van der Waals surface area contributed by atoms with E-state index in [1.807, 2.05) is 24.1 Å². The first-order valence-corrected chi connectivity index (χ1v) is 6.79. The number of amides is 1. The lowest BCUT2D eigenvalue weighted by Gasteiger charge is -2.19. The third-order valence-corrected chi connectivity index (χ3v) is 3.63. The van der Waals surface area contributed by atoms with Crippen molar-refractivity contribution in [3.63, 3.8) is 0 Å². The summed E-state index contributed by atoms with van der Waals surface area (Å²) in [6.07, 6.45) is 2.83. The van der Waals surface area contributed by atoms with Gasteiger partial charge in [-0.3, -0.25) is 4.79 Å². The number of para-hydroxylation sites is 1. The van der Waals surface area contributed by atoms with Gasteiger partial charge in [-0.2, -0.15) is 0 Å². The van der Waals surface area contributed by atoms with E-state index in [2.05, 4.69) is 24.4 Å². The Balaban J connectivity index is 1.93. The number of carbonyl (C=O) groups is 1. The van der Waals surface area contributed by atoms with E-state index < -0.39 is 0 Å². The molecule has 1 aliphatic rings. The molecule has 1 aliphatic heterocycles. The lowest BCUT2D eigenvalue weighted by Crippen LogP contribution is -2.29. The summed E-state index contributed by atoms with van der Waals surface area (Å²) in [5.74, 6) is 0.588. The number of nitrogens with one attached hydrogen (secondary N) is 1. The molecule has 0 saturated carbocycles. The van der Waals surface area contributed by atoms with E-state index in [1.54, 1.807) is 0 Å². The van der Waals surface area contributed by atoms with Gasteiger partial charge in [-0.05, 0) is 18.1 Å². The van der Waals surface area contributed by atoms with Gasteiger partial charge in [0.25, 0.3) is 0 Å². The minimum atomic E-state index is 0.256. The molecular formula is C15H22N2O. The number of carbonyl (C=O) groups excluding carboxylic acids is 1. The normalized spacial score (nSPS) is 17.1. The summed E-state index contributed by atoms with van der Waals surface area (Å²) < 4.78 is 0. The lowest BCUT2D eigenvalue weighted by atomic mass is 9.97. The second kappa shape index (κ2) is 5.89. The molecule has 98 valence electrons. The third kappa shape index (κ3) is 2.84. The molecule has 1 amide bonds. The SMILES string of the molecule is CCCCN(C)C(=O)CC1CNc2ccccc21. The van der Waals surface area contributed by atoms with Crippen molar-refractivity contribution in [2.24, 2.45) is 0 Å². The lowest BCUT2D eigenvalue weighted by molar-refractivity contribution is -0.130. The molecule has 0 saturated heterocycles. The van der Waals surface area contributed by atoms with Crippen LogP contribution in [0.3, 0.4) is 0 Å². The van der Waals surface area contributed by atoms with E-state index in [-0.39, 0.29) is 5.91 Å². The van der Waals surface area contributed by atoms with Gasteiger partial charge in [-0.1, -0.05) is 31.5 Å². The highest BCUT2D eigenvalue weighted by molar-refractivity contribution is 5.78. The van der Waals surface area contributed by atoms with Gasteiger partial charge in [0.15, 0.2) is 0 Å². The highest BCUT2D eigenvalue weighted by Crippen LogP contribution is 2.33. The molecular weight excluding hydrogens is 224 g/mol. The fourth-order valence-electron chi connectivity index (χ4n) is 2.43. The Hall–Kier alpha value is -1.51. The fraction of sp³-hybridized carbons (Fsp3) is 0.533. The molecule has 1 atom stereocenters. The molecule has 3 nitrogen and oxygen atoms in total. The molecule has 3 heteroatoms. The topological polar surface area (TPSA) is 32.3 Å². The van der Waals surface area contributed by atoms with Crippen LogP contribution in [0.4, 0.5) is 5.69 Å². The molecule has 1 aromatic carbocycles. The van der Waals surface area contributed by atoms with Crippen molar-refractivity contribution in [2.75, 3.05) is 25.5 Å². The van der Waals surface area contributed by atoms with Crippen LogP contribution in [0.2, 0.25) is 0 Å². The first kappa shape index (κ1) is 12.9. The zero-order valence-electron chi connectivity index (χ0n) is 11.3. The van der Waals surface area contributed by atoms with Gasteiger partial charge >= 0.3 is 0 Å². The molecule has 0 bridgehead atoms. The second-order valence-electron chi connectivity index (χ2n) is 5.04. The number of rotatable bonds is 5. The molecule has 0 fully saturated rings. The van der Waals surface area contributed by atoms with Crippen LogP contribution in [0.25, 0.3) is 0 Å². The number of fused-ring (bicyclic) bond motifs is 1. The molecule has 1 aromatic rings. The number of anilines is 1. The highest BCUT2D eigenvalue weighted by Gasteiger charge is 2.24. The van der Waals surface area contributed by atoms with Crippen LogP contribution in [-0.4, -0.2) is 30.9 Å². The molecule has 0 aromatic heterocycles. The van der Waals surface area contributed by atoms with Gasteiger partial charge in [0.05, 0.1) is 0 Å². The summed E-state index contributed by atoms with van der Waals surface area (Å²) in [7, 11) is 1.91. The maximum atomic E-state index is 12.1. The zero-order chi connectivity index (χ0) is 13.0. The third-order valence-electron chi connectivity index (χ3n) is 3.63. The number of nitrogens with zero attached hydrogens (tertiary/aromatic N) is 1. The molecule has 2 rings (SSSR count). The summed E-state index contributed by atoms with van der Waals surface area (Å²) in [6.45, 7) is 3.90. The molecule has 0 spiro atoms. The Kier molecular flexibility index (Phi) is 4.24. The van der Waals surface area contributed by atoms with Gasteiger partial charge in [-0.15, -0.1) is 0 Å². The summed E-state index contributed by atoms with van der Waals surface area (Å²) in [5.41, 5.74) is 2.47. The first-order valence-electron chi connectivity index (χ1n) is 6.79. The van der Waals surface area contributed by atoms with Crippen molar-refractivity contribution in [3.8, 4) is 0 Å². The van der Waals surface area contributed by atoms with Crippen LogP contribution in [0.5, 0.6) is 0 Å². The minimum Gasteiger partial charge on any atom is -0.384 e. The first-order chi connectivity index (χ1) is 8.72. The maximum absolute atomic E-state index is 12.1. The standard InChI is InChI=1S/C15H22N2O/c1-3-4-9-17(2)15(18)10-12-11-16-14-8-6-5-7-13(12)14/h5-8,12,16H,3-4,9-11H2,1-2H3. The monoisotopic (exact) mass is 246 g/mol. The van der Waals surface area contributed by atoms with Crippen LogP contribution in [-0.2, 0) is 4.79 Å². The average Bonchev–Trinajstić information content (AvgIpc) is 2.79. The quantitative estimate of drug-likeness (QED) is 0.866. The van der Waals surface area contributed by atoms with Crippen molar-refractivity contribution in [2.45, 2.75) is 32.1 Å². The molecule has 1 N–H and O–H groups in total. The fourth-order valence-corrected chi connectivity index (χ4v) is 2.43. The van der Waals surface area contributed by atoms with Crippen molar-refractivity contribution in [1.82, 2.24) is 4.90 Å². The van der Waals surface area contributed by atoms with E-state index in [9.17, 15) is 4.79 Å². The van der Waals surface area contributed by atoms with Crippen molar-refractivity contribution in [3.05, 3.63) is 29.8 Å².